The number of phenolic OH excluding ortho intramolecular Hbond substituents is 1. The zero-order valence-corrected chi connectivity index (χ0v) is 14.0. The highest BCUT2D eigenvalue weighted by molar-refractivity contribution is 5.96. The van der Waals surface area contributed by atoms with Crippen molar-refractivity contribution in [3.05, 3.63) is 58.7 Å². The van der Waals surface area contributed by atoms with E-state index >= 15 is 0 Å². The molecule has 126 valence electrons. The van der Waals surface area contributed by atoms with Crippen molar-refractivity contribution in [1.29, 1.82) is 0 Å². The molecule has 4 heteroatoms. The number of hydrogen-bond donors (Lipinski definition) is 1. The van der Waals surface area contributed by atoms with Gasteiger partial charge >= 0.3 is 0 Å². The van der Waals surface area contributed by atoms with E-state index in [0.717, 1.165) is 49.0 Å². The topological polar surface area (TPSA) is 52.9 Å². The number of piperidine rings is 1. The standard InChI is InChI=1S/C21H20N2O2/c24-18-3-1-13-10-17-11-14(19(13)12-18)6-8-23(17)21(25)16-2-4-20-15(9-16)5-7-22-20/h1-4,7,9,12,14,17,24H,5-6,8,10-11H2. The maximum atomic E-state index is 13.1. The molecule has 25 heavy (non-hydrogen) atoms. The molecule has 2 aliphatic heterocycles. The summed E-state index contributed by atoms with van der Waals surface area (Å²) in [6.45, 7) is 0.789. The summed E-state index contributed by atoms with van der Waals surface area (Å²) in [7, 11) is 0. The largest absolute Gasteiger partial charge is 0.508 e. The second-order valence-electron chi connectivity index (χ2n) is 7.32. The highest BCUT2D eigenvalue weighted by atomic mass is 16.3. The van der Waals surface area contributed by atoms with Crippen LogP contribution < -0.4 is 0 Å². The first-order valence-electron chi connectivity index (χ1n) is 8.97. The quantitative estimate of drug-likeness (QED) is 0.867. The number of fused-ring (bicyclic) bond motifs is 5. The van der Waals surface area contributed by atoms with E-state index in [4.69, 9.17) is 0 Å². The Morgan fingerprint density at radius 2 is 2.08 bits per heavy atom. The highest BCUT2D eigenvalue weighted by Crippen LogP contribution is 2.41. The SMILES string of the molecule is O=C(c1ccc2c(c1)CC=N2)N1CCC2CC1Cc1ccc(O)cc12. The van der Waals surface area contributed by atoms with Gasteiger partial charge in [-0.15, -0.1) is 0 Å². The Kier molecular flexibility index (Phi) is 3.20. The van der Waals surface area contributed by atoms with E-state index in [-0.39, 0.29) is 11.9 Å². The molecule has 2 unspecified atom stereocenters. The van der Waals surface area contributed by atoms with Gasteiger partial charge in [-0.05, 0) is 72.2 Å². The third-order valence-corrected chi connectivity index (χ3v) is 5.87. The summed E-state index contributed by atoms with van der Waals surface area (Å²) in [6.07, 6.45) is 5.56. The van der Waals surface area contributed by atoms with Crippen molar-refractivity contribution in [3.63, 3.8) is 0 Å². The number of nitrogens with zero attached hydrogens (tertiary/aromatic N) is 2. The number of rotatable bonds is 1. The van der Waals surface area contributed by atoms with Gasteiger partial charge in [-0.3, -0.25) is 9.79 Å². The fourth-order valence-corrected chi connectivity index (χ4v) is 4.61. The average molecular weight is 332 g/mol. The summed E-state index contributed by atoms with van der Waals surface area (Å²) in [5, 5.41) is 9.78. The van der Waals surface area contributed by atoms with Crippen molar-refractivity contribution in [2.45, 2.75) is 37.6 Å². The molecule has 1 fully saturated rings. The number of aromatic hydroxyl groups is 1. The Hall–Kier alpha value is -2.62. The van der Waals surface area contributed by atoms with E-state index in [9.17, 15) is 9.90 Å². The summed E-state index contributed by atoms with van der Waals surface area (Å²) >= 11 is 0. The van der Waals surface area contributed by atoms with E-state index in [1.165, 1.54) is 11.1 Å². The first-order valence-corrected chi connectivity index (χ1v) is 8.97. The zero-order chi connectivity index (χ0) is 17.0. The van der Waals surface area contributed by atoms with Crippen LogP contribution in [0.15, 0.2) is 41.4 Å². The molecule has 2 heterocycles. The number of amides is 1. The molecule has 2 bridgehead atoms. The van der Waals surface area contributed by atoms with Gasteiger partial charge in [0, 0.05) is 30.8 Å². The van der Waals surface area contributed by atoms with Crippen molar-refractivity contribution in [2.75, 3.05) is 6.54 Å². The summed E-state index contributed by atoms with van der Waals surface area (Å²) in [5.74, 6) is 0.940. The molecule has 2 aromatic carbocycles. The average Bonchev–Trinajstić information content (AvgIpc) is 3.10. The number of phenols is 1. The summed E-state index contributed by atoms with van der Waals surface area (Å²) in [6, 6.07) is 11.8. The molecule has 0 saturated carbocycles. The third kappa shape index (κ3) is 2.36. The fourth-order valence-electron chi connectivity index (χ4n) is 4.61. The molecule has 0 aromatic heterocycles. The number of hydrogen-bond acceptors (Lipinski definition) is 3. The van der Waals surface area contributed by atoms with Crippen LogP contribution in [0.4, 0.5) is 5.69 Å². The van der Waals surface area contributed by atoms with Crippen molar-refractivity contribution < 1.29 is 9.90 Å². The molecule has 4 nitrogen and oxygen atoms in total. The van der Waals surface area contributed by atoms with Crippen molar-refractivity contribution >= 4 is 17.8 Å². The number of benzene rings is 2. The lowest BCUT2D eigenvalue weighted by Gasteiger charge is -2.44. The minimum absolute atomic E-state index is 0.139. The van der Waals surface area contributed by atoms with Crippen LogP contribution in [0.1, 0.15) is 45.8 Å². The number of likely N-dealkylation sites (tertiary alicyclic amines) is 1. The fraction of sp³-hybridized carbons (Fsp3) is 0.333. The maximum absolute atomic E-state index is 13.1. The van der Waals surface area contributed by atoms with E-state index in [1.807, 2.05) is 36.5 Å². The molecular weight excluding hydrogens is 312 g/mol. The van der Waals surface area contributed by atoms with Crippen LogP contribution in [0.5, 0.6) is 5.75 Å². The number of aliphatic imine (C=N–C) groups is 1. The Morgan fingerprint density at radius 1 is 1.16 bits per heavy atom. The Bertz CT molecular complexity index is 903. The molecule has 1 aliphatic carbocycles. The van der Waals surface area contributed by atoms with Crippen LogP contribution in [-0.4, -0.2) is 34.7 Å². The van der Waals surface area contributed by atoms with Gasteiger partial charge in [0.2, 0.25) is 0 Å². The molecular formula is C21H20N2O2. The Labute approximate surface area is 146 Å². The molecule has 0 spiro atoms. The van der Waals surface area contributed by atoms with E-state index in [0.29, 0.717) is 11.7 Å². The van der Waals surface area contributed by atoms with E-state index in [1.54, 1.807) is 6.07 Å². The summed E-state index contributed by atoms with van der Waals surface area (Å²) < 4.78 is 0. The Balaban J connectivity index is 1.43. The van der Waals surface area contributed by atoms with Gasteiger partial charge in [-0.1, -0.05) is 6.07 Å². The van der Waals surface area contributed by atoms with E-state index < -0.39 is 0 Å². The van der Waals surface area contributed by atoms with Crippen LogP contribution in [0.25, 0.3) is 0 Å². The predicted molar refractivity (Wildman–Crippen MR) is 96.9 cm³/mol. The molecule has 1 saturated heterocycles. The normalized spacial score (nSPS) is 23.3. The molecule has 0 radical (unpaired) electrons. The number of carbonyl (C=O) groups excluding carboxylic acids is 1. The van der Waals surface area contributed by atoms with Gasteiger partial charge in [0.15, 0.2) is 0 Å². The molecule has 3 aliphatic rings. The van der Waals surface area contributed by atoms with Crippen molar-refractivity contribution in [3.8, 4) is 5.75 Å². The second kappa shape index (κ2) is 5.45. The van der Waals surface area contributed by atoms with Gasteiger partial charge in [0.1, 0.15) is 5.75 Å². The van der Waals surface area contributed by atoms with Gasteiger partial charge in [-0.2, -0.15) is 0 Å². The van der Waals surface area contributed by atoms with Crippen LogP contribution in [0.2, 0.25) is 0 Å². The van der Waals surface area contributed by atoms with Crippen LogP contribution >= 0.6 is 0 Å². The minimum atomic E-state index is 0.139. The molecule has 2 atom stereocenters. The lowest BCUT2D eigenvalue weighted by molar-refractivity contribution is 0.0574. The lowest BCUT2D eigenvalue weighted by Crippen LogP contribution is -2.48. The Morgan fingerprint density at radius 3 is 3.00 bits per heavy atom. The number of carbonyl (C=O) groups is 1. The van der Waals surface area contributed by atoms with Crippen LogP contribution in [0, 0.1) is 0 Å². The van der Waals surface area contributed by atoms with Gasteiger partial charge < -0.3 is 10.0 Å². The monoisotopic (exact) mass is 332 g/mol. The minimum Gasteiger partial charge on any atom is -0.508 e. The van der Waals surface area contributed by atoms with Crippen LogP contribution in [-0.2, 0) is 12.8 Å². The van der Waals surface area contributed by atoms with Gasteiger partial charge in [0.25, 0.3) is 5.91 Å². The van der Waals surface area contributed by atoms with Crippen molar-refractivity contribution in [2.24, 2.45) is 4.99 Å². The molecule has 1 N–H and O–H groups in total. The smallest absolute Gasteiger partial charge is 0.254 e. The highest BCUT2D eigenvalue weighted by Gasteiger charge is 2.37. The van der Waals surface area contributed by atoms with Gasteiger partial charge in [-0.25, -0.2) is 0 Å². The molecule has 2 aromatic rings. The second-order valence-corrected chi connectivity index (χ2v) is 7.32. The van der Waals surface area contributed by atoms with Gasteiger partial charge in [0.05, 0.1) is 5.69 Å². The predicted octanol–water partition coefficient (Wildman–Crippen LogP) is 3.60. The molecule has 5 rings (SSSR count). The van der Waals surface area contributed by atoms with E-state index in [2.05, 4.69) is 9.89 Å². The van der Waals surface area contributed by atoms with Crippen molar-refractivity contribution in [1.82, 2.24) is 4.90 Å². The first-order chi connectivity index (χ1) is 12.2. The molecule has 1 amide bonds. The first kappa shape index (κ1) is 14.7. The third-order valence-electron chi connectivity index (χ3n) is 5.87. The lowest BCUT2D eigenvalue weighted by atomic mass is 9.75. The summed E-state index contributed by atoms with van der Waals surface area (Å²) in [5.41, 5.74) is 5.46. The summed E-state index contributed by atoms with van der Waals surface area (Å²) in [4.78, 5) is 19.5. The zero-order valence-electron chi connectivity index (χ0n) is 14.0. The maximum Gasteiger partial charge on any atom is 0.254 e. The van der Waals surface area contributed by atoms with Crippen LogP contribution in [0.3, 0.4) is 0 Å².